The van der Waals surface area contributed by atoms with E-state index in [0.717, 1.165) is 24.1 Å². The number of halogens is 2. The first kappa shape index (κ1) is 20.2. The minimum atomic E-state index is -0.633. The highest BCUT2D eigenvalue weighted by molar-refractivity contribution is 5.63. The van der Waals surface area contributed by atoms with Crippen molar-refractivity contribution >= 4 is 0 Å². The second-order valence-electron chi connectivity index (χ2n) is 9.54. The van der Waals surface area contributed by atoms with Gasteiger partial charge in [0.25, 0.3) is 0 Å². The third-order valence-corrected chi connectivity index (χ3v) is 7.26. The first-order chi connectivity index (χ1) is 14.7. The summed E-state index contributed by atoms with van der Waals surface area (Å²) in [5.74, 6) is 0.209. The normalized spacial score (nSPS) is 23.5. The maximum Gasteiger partial charge on any atom is 0.240 e. The molecule has 2 heterocycles. The Balaban J connectivity index is 1.56. The van der Waals surface area contributed by atoms with Gasteiger partial charge in [-0.25, -0.2) is 8.78 Å². The molecule has 0 unspecified atom stereocenters. The Bertz CT molecular complexity index is 1140. The van der Waals surface area contributed by atoms with Crippen LogP contribution in [0.1, 0.15) is 55.6 Å². The minimum Gasteiger partial charge on any atom is -0.338 e. The molecule has 2 aromatic heterocycles. The maximum atomic E-state index is 14.3. The van der Waals surface area contributed by atoms with Crippen molar-refractivity contribution in [1.29, 1.82) is 0 Å². The van der Waals surface area contributed by atoms with E-state index in [1.54, 1.807) is 0 Å². The number of fused-ring (bicyclic) bond motifs is 5. The summed E-state index contributed by atoms with van der Waals surface area (Å²) in [6.07, 6.45) is 2.52. The highest BCUT2D eigenvalue weighted by Gasteiger charge is 2.63. The van der Waals surface area contributed by atoms with Crippen LogP contribution in [0.2, 0.25) is 0 Å². The molecule has 3 aromatic rings. The Morgan fingerprint density at radius 3 is 2.61 bits per heavy atom. The summed E-state index contributed by atoms with van der Waals surface area (Å²) in [7, 11) is 3.90. The quantitative estimate of drug-likeness (QED) is 0.608. The van der Waals surface area contributed by atoms with Crippen molar-refractivity contribution in [3.05, 3.63) is 58.9 Å². The smallest absolute Gasteiger partial charge is 0.240 e. The highest BCUT2D eigenvalue weighted by Crippen LogP contribution is 2.68. The molecule has 2 aliphatic rings. The lowest BCUT2D eigenvalue weighted by Gasteiger charge is -2.37. The fourth-order valence-corrected chi connectivity index (χ4v) is 5.65. The Labute approximate surface area is 179 Å². The lowest BCUT2D eigenvalue weighted by molar-refractivity contribution is 0.199. The molecule has 0 radical (unpaired) electrons. The van der Waals surface area contributed by atoms with Crippen LogP contribution in [-0.2, 0) is 18.4 Å². The van der Waals surface area contributed by atoms with Gasteiger partial charge in [0.2, 0.25) is 5.89 Å². The Hall–Kier alpha value is -2.74. The predicted octanol–water partition coefficient (Wildman–Crippen LogP) is 4.26. The monoisotopic (exact) mass is 425 g/mol. The van der Waals surface area contributed by atoms with Crippen LogP contribution >= 0.6 is 0 Å². The van der Waals surface area contributed by atoms with E-state index in [-0.39, 0.29) is 28.0 Å². The van der Waals surface area contributed by atoms with Crippen LogP contribution in [0, 0.1) is 17.0 Å². The Morgan fingerprint density at radius 1 is 1.16 bits per heavy atom. The second-order valence-corrected chi connectivity index (χ2v) is 9.54. The van der Waals surface area contributed by atoms with Crippen LogP contribution in [0.5, 0.6) is 0 Å². The molecule has 0 saturated heterocycles. The van der Waals surface area contributed by atoms with Crippen LogP contribution in [-0.4, -0.2) is 39.3 Å². The predicted molar refractivity (Wildman–Crippen MR) is 110 cm³/mol. The van der Waals surface area contributed by atoms with Gasteiger partial charge in [0.1, 0.15) is 11.6 Å². The third-order valence-electron chi connectivity index (χ3n) is 7.26. The standard InChI is InChI=1S/C23H25F2N5O/c1-22(2)14-8-9-23(22,11-18-26-19(31-29-18)12-30(3)4)21-13(14)10-17(27-28-21)20-15(24)6-5-7-16(20)25/h5-7,10,14H,8-9,11-12H2,1-4H3/t14-,23-/m0/s1. The summed E-state index contributed by atoms with van der Waals surface area (Å²) in [6.45, 7) is 5.05. The SMILES string of the molecule is CN(C)Cc1nc(C[C@@]23CC[C@@H](c4cc(-c5c(F)cccc5F)nnc42)C3(C)C)no1. The zero-order valence-corrected chi connectivity index (χ0v) is 18.1. The van der Waals surface area contributed by atoms with Gasteiger partial charge in [-0.05, 0) is 62.0 Å². The molecule has 5 rings (SSSR count). The summed E-state index contributed by atoms with van der Waals surface area (Å²) >= 11 is 0. The van der Waals surface area contributed by atoms with Gasteiger partial charge in [0.15, 0.2) is 5.82 Å². The molecular weight excluding hydrogens is 400 g/mol. The van der Waals surface area contributed by atoms with E-state index in [2.05, 4.69) is 34.2 Å². The molecule has 0 spiro atoms. The molecule has 0 aliphatic heterocycles. The summed E-state index contributed by atoms with van der Waals surface area (Å²) in [6, 6.07) is 5.66. The Kier molecular flexibility index (Phi) is 4.48. The van der Waals surface area contributed by atoms with Crippen molar-refractivity contribution in [3.8, 4) is 11.3 Å². The van der Waals surface area contributed by atoms with Crippen molar-refractivity contribution in [1.82, 2.24) is 25.2 Å². The van der Waals surface area contributed by atoms with Crippen molar-refractivity contribution < 1.29 is 13.3 Å². The van der Waals surface area contributed by atoms with Crippen LogP contribution in [0.25, 0.3) is 11.3 Å². The second kappa shape index (κ2) is 6.88. The topological polar surface area (TPSA) is 67.9 Å². The summed E-state index contributed by atoms with van der Waals surface area (Å²) < 4.78 is 34.1. The van der Waals surface area contributed by atoms with Gasteiger partial charge >= 0.3 is 0 Å². The van der Waals surface area contributed by atoms with E-state index in [0.29, 0.717) is 24.7 Å². The number of rotatable bonds is 5. The van der Waals surface area contributed by atoms with Crippen molar-refractivity contribution in [2.75, 3.05) is 14.1 Å². The molecule has 1 fully saturated rings. The number of aromatic nitrogens is 4. The maximum absolute atomic E-state index is 14.3. The van der Waals surface area contributed by atoms with Gasteiger partial charge in [-0.1, -0.05) is 25.1 Å². The van der Waals surface area contributed by atoms with Crippen molar-refractivity contribution in [3.63, 3.8) is 0 Å². The summed E-state index contributed by atoms with van der Waals surface area (Å²) in [5.41, 5.74) is 1.64. The van der Waals surface area contributed by atoms with E-state index in [1.165, 1.54) is 18.2 Å². The summed E-state index contributed by atoms with van der Waals surface area (Å²) in [4.78, 5) is 6.56. The molecule has 6 nitrogen and oxygen atoms in total. The van der Waals surface area contributed by atoms with Gasteiger partial charge in [-0.3, -0.25) is 0 Å². The van der Waals surface area contributed by atoms with Crippen LogP contribution in [0.15, 0.2) is 28.8 Å². The van der Waals surface area contributed by atoms with Crippen molar-refractivity contribution in [2.45, 2.75) is 51.0 Å². The first-order valence-electron chi connectivity index (χ1n) is 10.5. The van der Waals surface area contributed by atoms with Gasteiger partial charge in [-0.2, -0.15) is 15.2 Å². The zero-order valence-electron chi connectivity index (χ0n) is 18.1. The van der Waals surface area contributed by atoms with Crippen molar-refractivity contribution in [2.24, 2.45) is 5.41 Å². The highest BCUT2D eigenvalue weighted by atomic mass is 19.1. The largest absolute Gasteiger partial charge is 0.338 e. The average Bonchev–Trinajstić information content (AvgIpc) is 3.28. The molecule has 2 aliphatic carbocycles. The fourth-order valence-electron chi connectivity index (χ4n) is 5.65. The van der Waals surface area contributed by atoms with E-state index in [1.807, 2.05) is 25.1 Å². The fraction of sp³-hybridized carbons (Fsp3) is 0.478. The van der Waals surface area contributed by atoms with Gasteiger partial charge in [-0.15, -0.1) is 0 Å². The number of hydrogen-bond donors (Lipinski definition) is 0. The molecule has 2 atom stereocenters. The molecule has 1 saturated carbocycles. The van der Waals surface area contributed by atoms with Gasteiger partial charge < -0.3 is 9.42 Å². The molecule has 0 amide bonds. The van der Waals surface area contributed by atoms with Crippen LogP contribution in [0.4, 0.5) is 8.78 Å². The first-order valence-corrected chi connectivity index (χ1v) is 10.5. The van der Waals surface area contributed by atoms with E-state index < -0.39 is 11.6 Å². The van der Waals surface area contributed by atoms with E-state index >= 15 is 0 Å². The zero-order chi connectivity index (χ0) is 22.0. The minimum absolute atomic E-state index is 0.112. The summed E-state index contributed by atoms with van der Waals surface area (Å²) in [5, 5.41) is 13.0. The number of nitrogens with zero attached hydrogens (tertiary/aromatic N) is 5. The molecular formula is C23H25F2N5O. The molecule has 162 valence electrons. The average molecular weight is 425 g/mol. The molecule has 0 N–H and O–H groups in total. The molecule has 2 bridgehead atoms. The lowest BCUT2D eigenvalue weighted by Crippen LogP contribution is -2.38. The van der Waals surface area contributed by atoms with E-state index in [4.69, 9.17) is 4.52 Å². The number of benzene rings is 1. The van der Waals surface area contributed by atoms with Gasteiger partial charge in [0, 0.05) is 11.8 Å². The molecule has 31 heavy (non-hydrogen) atoms. The van der Waals surface area contributed by atoms with Crippen LogP contribution in [0.3, 0.4) is 0 Å². The molecule has 8 heteroatoms. The van der Waals surface area contributed by atoms with Crippen LogP contribution < -0.4 is 0 Å². The van der Waals surface area contributed by atoms with E-state index in [9.17, 15) is 8.78 Å². The Morgan fingerprint density at radius 2 is 1.90 bits per heavy atom. The molecule has 1 aromatic carbocycles. The number of hydrogen-bond acceptors (Lipinski definition) is 6. The third kappa shape index (κ3) is 2.91. The lowest BCUT2D eigenvalue weighted by atomic mass is 9.66. The van der Waals surface area contributed by atoms with Gasteiger partial charge in [0.05, 0.1) is 23.5 Å².